The molecule has 0 saturated heterocycles. The van der Waals surface area contributed by atoms with Crippen LogP contribution in [0.2, 0.25) is 0 Å². The summed E-state index contributed by atoms with van der Waals surface area (Å²) in [6.45, 7) is 14.1. The van der Waals surface area contributed by atoms with Crippen molar-refractivity contribution < 1.29 is 9.47 Å². The molecule has 0 amide bonds. The number of rotatable bonds is 12. The Morgan fingerprint density at radius 2 is 1.95 bits per heavy atom. The summed E-state index contributed by atoms with van der Waals surface area (Å²) in [7, 11) is 1.71. The molecule has 0 saturated carbocycles. The van der Waals surface area contributed by atoms with E-state index >= 15 is 0 Å². The fourth-order valence-electron chi connectivity index (χ4n) is 2.19. The molecule has 0 aromatic heterocycles. The summed E-state index contributed by atoms with van der Waals surface area (Å²) in [5, 5.41) is 3.34. The van der Waals surface area contributed by atoms with Crippen molar-refractivity contribution in [3.05, 3.63) is 49.1 Å². The van der Waals surface area contributed by atoms with E-state index in [4.69, 9.17) is 9.47 Å². The Morgan fingerprint density at radius 1 is 1.23 bits per heavy atom. The molecule has 0 aliphatic heterocycles. The van der Waals surface area contributed by atoms with Gasteiger partial charge < -0.3 is 19.7 Å². The van der Waals surface area contributed by atoms with E-state index in [9.17, 15) is 0 Å². The first-order valence-corrected chi connectivity index (χ1v) is 7.68. The van der Waals surface area contributed by atoms with Crippen molar-refractivity contribution in [1.29, 1.82) is 0 Å². The lowest BCUT2D eigenvalue weighted by molar-refractivity contribution is 0.199. The van der Waals surface area contributed by atoms with Crippen LogP contribution in [0.25, 0.3) is 0 Å². The monoisotopic (exact) mass is 304 g/mol. The SMILES string of the molecule is C=CCN(CC=C)c1ccc(CNCCOC)cc1OCC. The molecule has 1 N–H and O–H groups in total. The van der Waals surface area contributed by atoms with Crippen LogP contribution in [0.4, 0.5) is 5.69 Å². The molecule has 0 heterocycles. The maximum Gasteiger partial charge on any atom is 0.142 e. The van der Waals surface area contributed by atoms with Crippen molar-refractivity contribution in [3.8, 4) is 5.75 Å². The van der Waals surface area contributed by atoms with Crippen LogP contribution in [0.1, 0.15) is 12.5 Å². The maximum absolute atomic E-state index is 5.82. The lowest BCUT2D eigenvalue weighted by Gasteiger charge is -2.24. The second-order valence-corrected chi connectivity index (χ2v) is 4.89. The molecular weight excluding hydrogens is 276 g/mol. The van der Waals surface area contributed by atoms with E-state index in [2.05, 4.69) is 41.6 Å². The lowest BCUT2D eigenvalue weighted by atomic mass is 10.1. The van der Waals surface area contributed by atoms with Crippen molar-refractivity contribution in [2.24, 2.45) is 0 Å². The molecule has 122 valence electrons. The van der Waals surface area contributed by atoms with Gasteiger partial charge in [0.2, 0.25) is 0 Å². The third-order valence-electron chi connectivity index (χ3n) is 3.18. The predicted octanol–water partition coefficient (Wildman–Crippen LogP) is 3.00. The normalized spacial score (nSPS) is 10.3. The molecule has 0 aliphatic rings. The van der Waals surface area contributed by atoms with Crippen LogP contribution in [0.5, 0.6) is 5.75 Å². The Labute approximate surface area is 134 Å². The minimum Gasteiger partial charge on any atom is -0.492 e. The molecule has 1 aromatic carbocycles. The third kappa shape index (κ3) is 5.92. The van der Waals surface area contributed by atoms with Crippen LogP contribution in [0.3, 0.4) is 0 Å². The first-order valence-electron chi connectivity index (χ1n) is 7.68. The summed E-state index contributed by atoms with van der Waals surface area (Å²) < 4.78 is 10.8. The van der Waals surface area contributed by atoms with Gasteiger partial charge in [-0.3, -0.25) is 0 Å². The summed E-state index contributed by atoms with van der Waals surface area (Å²) in [4.78, 5) is 2.19. The van der Waals surface area contributed by atoms with Gasteiger partial charge in [-0.15, -0.1) is 13.2 Å². The van der Waals surface area contributed by atoms with Crippen LogP contribution >= 0.6 is 0 Å². The number of methoxy groups -OCH3 is 1. The number of benzene rings is 1. The summed E-state index contributed by atoms with van der Waals surface area (Å²) >= 11 is 0. The molecule has 0 fully saturated rings. The highest BCUT2D eigenvalue weighted by Gasteiger charge is 2.11. The van der Waals surface area contributed by atoms with Crippen molar-refractivity contribution >= 4 is 5.69 Å². The van der Waals surface area contributed by atoms with Gasteiger partial charge in [-0.25, -0.2) is 0 Å². The molecule has 4 nitrogen and oxygen atoms in total. The quantitative estimate of drug-likeness (QED) is 0.475. The standard InChI is InChI=1S/C18H28N2O2/c1-5-11-20(12-6-2)17-9-8-16(14-18(17)22-7-3)15-19-10-13-21-4/h5-6,8-9,14,19H,1-2,7,10-13,15H2,3-4H3. The lowest BCUT2D eigenvalue weighted by Crippen LogP contribution is -2.24. The average molecular weight is 304 g/mol. The molecule has 0 bridgehead atoms. The van der Waals surface area contributed by atoms with E-state index in [0.29, 0.717) is 13.2 Å². The molecule has 0 atom stereocenters. The van der Waals surface area contributed by atoms with Crippen molar-refractivity contribution in [2.45, 2.75) is 13.5 Å². The Balaban J connectivity index is 2.87. The molecule has 22 heavy (non-hydrogen) atoms. The van der Waals surface area contributed by atoms with Gasteiger partial charge in [0, 0.05) is 33.3 Å². The zero-order chi connectivity index (χ0) is 16.2. The van der Waals surface area contributed by atoms with Crippen LogP contribution in [0.15, 0.2) is 43.5 Å². The van der Waals surface area contributed by atoms with E-state index in [0.717, 1.165) is 37.6 Å². The first kappa shape index (κ1) is 18.3. The Bertz CT molecular complexity index is 450. The first-order chi connectivity index (χ1) is 10.8. The van der Waals surface area contributed by atoms with Crippen molar-refractivity contribution in [1.82, 2.24) is 5.32 Å². The summed E-state index contributed by atoms with van der Waals surface area (Å²) in [5.74, 6) is 0.900. The fraction of sp³-hybridized carbons (Fsp3) is 0.444. The second kappa shape index (κ2) is 10.9. The van der Waals surface area contributed by atoms with E-state index < -0.39 is 0 Å². The topological polar surface area (TPSA) is 33.7 Å². The Hall–Kier alpha value is -1.78. The third-order valence-corrected chi connectivity index (χ3v) is 3.18. The largest absolute Gasteiger partial charge is 0.492 e. The number of nitrogens with zero attached hydrogens (tertiary/aromatic N) is 1. The van der Waals surface area contributed by atoms with Gasteiger partial charge in [-0.2, -0.15) is 0 Å². The van der Waals surface area contributed by atoms with Crippen LogP contribution in [-0.4, -0.2) is 40.0 Å². The molecule has 1 aromatic rings. The molecule has 0 aliphatic carbocycles. The molecule has 0 unspecified atom stereocenters. The van der Waals surface area contributed by atoms with E-state index in [1.807, 2.05) is 19.1 Å². The summed E-state index contributed by atoms with van der Waals surface area (Å²) in [6, 6.07) is 6.32. The minimum absolute atomic E-state index is 0.642. The second-order valence-electron chi connectivity index (χ2n) is 4.89. The number of ether oxygens (including phenoxy) is 2. The number of hydrogen-bond acceptors (Lipinski definition) is 4. The van der Waals surface area contributed by atoms with Gasteiger partial charge in [-0.05, 0) is 24.6 Å². The molecular formula is C18H28N2O2. The predicted molar refractivity (Wildman–Crippen MR) is 93.8 cm³/mol. The molecule has 1 rings (SSSR count). The van der Waals surface area contributed by atoms with E-state index in [-0.39, 0.29) is 0 Å². The van der Waals surface area contributed by atoms with E-state index in [1.54, 1.807) is 7.11 Å². The van der Waals surface area contributed by atoms with Gasteiger partial charge in [-0.1, -0.05) is 18.2 Å². The number of anilines is 1. The van der Waals surface area contributed by atoms with Crippen LogP contribution in [-0.2, 0) is 11.3 Å². The molecule has 0 radical (unpaired) electrons. The summed E-state index contributed by atoms with van der Waals surface area (Å²) in [6.07, 6.45) is 3.78. The van der Waals surface area contributed by atoms with Crippen LogP contribution < -0.4 is 15.0 Å². The Kier molecular flexibility index (Phi) is 9.03. The molecule has 0 spiro atoms. The highest BCUT2D eigenvalue weighted by molar-refractivity contribution is 5.60. The smallest absolute Gasteiger partial charge is 0.142 e. The Morgan fingerprint density at radius 3 is 2.55 bits per heavy atom. The maximum atomic E-state index is 5.82. The fourth-order valence-corrected chi connectivity index (χ4v) is 2.19. The van der Waals surface area contributed by atoms with Crippen molar-refractivity contribution in [2.75, 3.05) is 44.9 Å². The van der Waals surface area contributed by atoms with E-state index in [1.165, 1.54) is 5.56 Å². The molecule has 4 heteroatoms. The van der Waals surface area contributed by atoms with Gasteiger partial charge in [0.25, 0.3) is 0 Å². The summed E-state index contributed by atoms with van der Waals surface area (Å²) in [5.41, 5.74) is 2.27. The van der Waals surface area contributed by atoms with Gasteiger partial charge in [0.15, 0.2) is 0 Å². The highest BCUT2D eigenvalue weighted by atomic mass is 16.5. The van der Waals surface area contributed by atoms with Gasteiger partial charge in [0.1, 0.15) is 5.75 Å². The van der Waals surface area contributed by atoms with Crippen molar-refractivity contribution in [3.63, 3.8) is 0 Å². The van der Waals surface area contributed by atoms with Gasteiger partial charge in [0.05, 0.1) is 18.9 Å². The minimum atomic E-state index is 0.642. The van der Waals surface area contributed by atoms with Gasteiger partial charge >= 0.3 is 0 Å². The zero-order valence-corrected chi connectivity index (χ0v) is 13.8. The average Bonchev–Trinajstić information content (AvgIpc) is 2.52. The highest BCUT2D eigenvalue weighted by Crippen LogP contribution is 2.29. The number of hydrogen-bond donors (Lipinski definition) is 1. The zero-order valence-electron chi connectivity index (χ0n) is 13.8. The van der Waals surface area contributed by atoms with Crippen LogP contribution in [0, 0.1) is 0 Å². The number of nitrogens with one attached hydrogen (secondary N) is 1.